The van der Waals surface area contributed by atoms with Crippen LogP contribution in [0.4, 0.5) is 0 Å². The Hall–Kier alpha value is -2.34. The molecule has 0 radical (unpaired) electrons. The average molecular weight is 353 g/mol. The SMILES string of the molecule is C1=CC2C(C3=CCC=C3)=CC=C(Cc3ccc(C4CCCCC4)cc3)C2=C1. The summed E-state index contributed by atoms with van der Waals surface area (Å²) < 4.78 is 0. The molecule has 0 aromatic heterocycles. The van der Waals surface area contributed by atoms with Gasteiger partial charge in [0.25, 0.3) is 0 Å². The first-order chi connectivity index (χ1) is 13.4. The lowest BCUT2D eigenvalue weighted by Gasteiger charge is -2.25. The summed E-state index contributed by atoms with van der Waals surface area (Å²) in [5.41, 5.74) is 8.82. The number of rotatable bonds is 4. The quantitative estimate of drug-likeness (QED) is 0.540. The van der Waals surface area contributed by atoms with Gasteiger partial charge >= 0.3 is 0 Å². The second-order valence-electron chi connectivity index (χ2n) is 8.35. The molecule has 0 N–H and O–H groups in total. The lowest BCUT2D eigenvalue weighted by Crippen LogP contribution is -2.11. The molecule has 0 aliphatic heterocycles. The number of hydrogen-bond donors (Lipinski definition) is 0. The van der Waals surface area contributed by atoms with Crippen molar-refractivity contribution in [3.8, 4) is 0 Å². The summed E-state index contributed by atoms with van der Waals surface area (Å²) in [4.78, 5) is 0. The summed E-state index contributed by atoms with van der Waals surface area (Å²) in [6, 6.07) is 9.51. The summed E-state index contributed by atoms with van der Waals surface area (Å²) in [5, 5.41) is 0. The third-order valence-electron chi connectivity index (χ3n) is 6.64. The minimum Gasteiger partial charge on any atom is -0.0801 e. The Bertz CT molecular complexity index is 890. The first kappa shape index (κ1) is 16.8. The van der Waals surface area contributed by atoms with E-state index in [1.165, 1.54) is 60.0 Å². The number of benzene rings is 1. The molecule has 0 heteroatoms. The molecule has 1 atom stereocenters. The summed E-state index contributed by atoms with van der Waals surface area (Å²) in [7, 11) is 0. The van der Waals surface area contributed by atoms with Crippen LogP contribution >= 0.6 is 0 Å². The lowest BCUT2D eigenvalue weighted by atomic mass is 9.79. The monoisotopic (exact) mass is 352 g/mol. The lowest BCUT2D eigenvalue weighted by molar-refractivity contribution is 0.443. The summed E-state index contributed by atoms with van der Waals surface area (Å²) in [6.07, 6.45) is 27.6. The maximum atomic E-state index is 2.39. The van der Waals surface area contributed by atoms with Gasteiger partial charge in [0.2, 0.25) is 0 Å². The maximum Gasteiger partial charge on any atom is 0.0281 e. The van der Waals surface area contributed by atoms with Crippen LogP contribution in [0.15, 0.2) is 95.2 Å². The van der Waals surface area contributed by atoms with Crippen molar-refractivity contribution in [1.82, 2.24) is 0 Å². The minimum absolute atomic E-state index is 0.445. The predicted molar refractivity (Wildman–Crippen MR) is 115 cm³/mol. The van der Waals surface area contributed by atoms with Crippen molar-refractivity contribution in [3.05, 3.63) is 106 Å². The first-order valence-electron chi connectivity index (χ1n) is 10.6. The van der Waals surface area contributed by atoms with Crippen LogP contribution in [0, 0.1) is 5.92 Å². The molecule has 0 amide bonds. The van der Waals surface area contributed by atoms with E-state index in [1.807, 2.05) is 0 Å². The molecule has 1 aromatic carbocycles. The fourth-order valence-corrected chi connectivity index (χ4v) is 5.12. The van der Waals surface area contributed by atoms with Gasteiger partial charge < -0.3 is 0 Å². The predicted octanol–water partition coefficient (Wildman–Crippen LogP) is 7.14. The molecule has 1 unspecified atom stereocenters. The van der Waals surface area contributed by atoms with E-state index in [0.717, 1.165) is 18.8 Å². The smallest absolute Gasteiger partial charge is 0.0281 e. The Morgan fingerprint density at radius 3 is 2.48 bits per heavy atom. The van der Waals surface area contributed by atoms with E-state index in [9.17, 15) is 0 Å². The molecule has 0 heterocycles. The number of fused-ring (bicyclic) bond motifs is 1. The molecule has 4 aliphatic rings. The highest BCUT2D eigenvalue weighted by atomic mass is 14.3. The van der Waals surface area contributed by atoms with Gasteiger partial charge in [0.1, 0.15) is 0 Å². The largest absolute Gasteiger partial charge is 0.0801 e. The minimum atomic E-state index is 0.445. The fourth-order valence-electron chi connectivity index (χ4n) is 5.12. The van der Waals surface area contributed by atoms with E-state index in [1.54, 1.807) is 5.56 Å². The van der Waals surface area contributed by atoms with Gasteiger partial charge in [-0.2, -0.15) is 0 Å². The third kappa shape index (κ3) is 3.34. The molecule has 0 nitrogen and oxygen atoms in total. The fraction of sp³-hybridized carbons (Fsp3) is 0.333. The zero-order valence-electron chi connectivity index (χ0n) is 16.0. The average Bonchev–Trinajstić information content (AvgIpc) is 3.42. The van der Waals surface area contributed by atoms with Gasteiger partial charge in [-0.05, 0) is 65.0 Å². The zero-order valence-corrected chi connectivity index (χ0v) is 16.0. The van der Waals surface area contributed by atoms with Crippen LogP contribution in [-0.2, 0) is 6.42 Å². The molecule has 27 heavy (non-hydrogen) atoms. The van der Waals surface area contributed by atoms with E-state index in [-0.39, 0.29) is 0 Å². The van der Waals surface area contributed by atoms with E-state index in [4.69, 9.17) is 0 Å². The number of hydrogen-bond acceptors (Lipinski definition) is 0. The molecule has 136 valence electrons. The van der Waals surface area contributed by atoms with Crippen molar-refractivity contribution in [2.75, 3.05) is 0 Å². The molecule has 1 saturated carbocycles. The van der Waals surface area contributed by atoms with Crippen LogP contribution in [0.1, 0.15) is 55.6 Å². The van der Waals surface area contributed by atoms with Gasteiger partial charge in [-0.15, -0.1) is 0 Å². The van der Waals surface area contributed by atoms with Gasteiger partial charge in [0.05, 0.1) is 0 Å². The number of allylic oxidation sites excluding steroid dienone is 12. The van der Waals surface area contributed by atoms with Crippen molar-refractivity contribution in [2.24, 2.45) is 5.92 Å². The van der Waals surface area contributed by atoms with Crippen molar-refractivity contribution >= 4 is 0 Å². The third-order valence-corrected chi connectivity index (χ3v) is 6.64. The van der Waals surface area contributed by atoms with Crippen LogP contribution in [-0.4, -0.2) is 0 Å². The van der Waals surface area contributed by atoms with Crippen molar-refractivity contribution < 1.29 is 0 Å². The van der Waals surface area contributed by atoms with Gasteiger partial charge in [-0.25, -0.2) is 0 Å². The normalized spacial score (nSPS) is 24.4. The topological polar surface area (TPSA) is 0 Å². The Kier molecular flexibility index (Phi) is 4.57. The summed E-state index contributed by atoms with van der Waals surface area (Å²) >= 11 is 0. The second kappa shape index (κ2) is 7.35. The van der Waals surface area contributed by atoms with Crippen LogP contribution < -0.4 is 0 Å². The second-order valence-corrected chi connectivity index (χ2v) is 8.35. The Morgan fingerprint density at radius 2 is 1.70 bits per heavy atom. The maximum absolute atomic E-state index is 2.39. The summed E-state index contributed by atoms with van der Waals surface area (Å²) in [6.45, 7) is 0. The first-order valence-corrected chi connectivity index (χ1v) is 10.6. The van der Waals surface area contributed by atoms with Gasteiger partial charge in [-0.1, -0.05) is 92.1 Å². The Balaban J connectivity index is 1.35. The highest BCUT2D eigenvalue weighted by Crippen LogP contribution is 2.41. The van der Waals surface area contributed by atoms with E-state index >= 15 is 0 Å². The summed E-state index contributed by atoms with van der Waals surface area (Å²) in [5.74, 6) is 1.24. The Labute approximate surface area is 163 Å². The molecule has 0 saturated heterocycles. The van der Waals surface area contributed by atoms with Crippen molar-refractivity contribution in [3.63, 3.8) is 0 Å². The van der Waals surface area contributed by atoms with Crippen molar-refractivity contribution in [2.45, 2.75) is 50.9 Å². The molecule has 1 fully saturated rings. The highest BCUT2D eigenvalue weighted by molar-refractivity contribution is 5.61. The molecular weight excluding hydrogens is 324 g/mol. The molecule has 1 aromatic rings. The Morgan fingerprint density at radius 1 is 0.852 bits per heavy atom. The van der Waals surface area contributed by atoms with E-state index in [0.29, 0.717) is 5.92 Å². The van der Waals surface area contributed by atoms with Gasteiger partial charge in [0.15, 0.2) is 0 Å². The molecule has 0 bridgehead atoms. The van der Waals surface area contributed by atoms with E-state index in [2.05, 4.69) is 72.9 Å². The molecule has 0 spiro atoms. The van der Waals surface area contributed by atoms with Crippen LogP contribution in [0.25, 0.3) is 0 Å². The van der Waals surface area contributed by atoms with Crippen LogP contribution in [0.2, 0.25) is 0 Å². The van der Waals surface area contributed by atoms with Crippen molar-refractivity contribution in [1.29, 1.82) is 0 Å². The molecular formula is C27H28. The zero-order chi connectivity index (χ0) is 18.1. The van der Waals surface area contributed by atoms with Crippen LogP contribution in [0.3, 0.4) is 0 Å². The van der Waals surface area contributed by atoms with Gasteiger partial charge in [0, 0.05) is 5.92 Å². The molecule has 4 aliphatic carbocycles. The van der Waals surface area contributed by atoms with Gasteiger partial charge in [-0.3, -0.25) is 0 Å². The van der Waals surface area contributed by atoms with Crippen LogP contribution in [0.5, 0.6) is 0 Å². The molecule has 5 rings (SSSR count). The standard InChI is InChI=1S/C27H28/c1-2-7-21(8-3-1)22-15-13-20(14-16-22)19-24-17-18-26(23-9-4-5-10-23)27-12-6-11-25(24)27/h4,6,9-18,21,27H,1-3,5,7-8,19H2. The van der Waals surface area contributed by atoms with E-state index < -0.39 is 0 Å². The highest BCUT2D eigenvalue weighted by Gasteiger charge is 2.26.